The van der Waals surface area contributed by atoms with E-state index >= 15 is 0 Å². The van der Waals surface area contributed by atoms with Gasteiger partial charge in [0.15, 0.2) is 0 Å². The fraction of sp³-hybridized carbons (Fsp3) is 0.400. The molecule has 0 bridgehead atoms. The van der Waals surface area contributed by atoms with Crippen LogP contribution < -0.4 is 9.64 Å². The first-order chi connectivity index (χ1) is 15.4. The lowest BCUT2D eigenvalue weighted by atomic mass is 9.68. The number of aromatic nitrogens is 2. The maximum absolute atomic E-state index is 12.8. The maximum atomic E-state index is 12.8. The minimum atomic E-state index is -0.499. The lowest BCUT2D eigenvalue weighted by Crippen LogP contribution is -2.45. The van der Waals surface area contributed by atoms with Crippen molar-refractivity contribution in [2.75, 3.05) is 18.6 Å². The normalized spacial score (nSPS) is 25.2. The van der Waals surface area contributed by atoms with Crippen molar-refractivity contribution in [2.45, 2.75) is 44.8 Å². The van der Waals surface area contributed by atoms with Gasteiger partial charge in [-0.05, 0) is 61.4 Å². The van der Waals surface area contributed by atoms with E-state index in [0.29, 0.717) is 17.9 Å². The molecule has 1 aliphatic carbocycles. The summed E-state index contributed by atoms with van der Waals surface area (Å²) in [5.41, 5.74) is 2.72. The third kappa shape index (κ3) is 3.56. The number of carbonyl (C=O) groups is 1. The fourth-order valence-corrected chi connectivity index (χ4v) is 5.41. The van der Waals surface area contributed by atoms with Crippen molar-refractivity contribution in [3.8, 4) is 11.8 Å². The quantitative estimate of drug-likeness (QED) is 0.589. The molecule has 164 valence electrons. The zero-order valence-corrected chi connectivity index (χ0v) is 18.4. The van der Waals surface area contributed by atoms with Gasteiger partial charge in [-0.3, -0.25) is 4.90 Å². The second-order valence-corrected chi connectivity index (χ2v) is 9.37. The van der Waals surface area contributed by atoms with Gasteiger partial charge in [0.25, 0.3) is 0 Å². The predicted molar refractivity (Wildman–Crippen MR) is 121 cm³/mol. The highest BCUT2D eigenvalue weighted by Crippen LogP contribution is 2.48. The van der Waals surface area contributed by atoms with E-state index in [2.05, 4.69) is 22.5 Å². The molecule has 7 heteroatoms. The van der Waals surface area contributed by atoms with Crippen molar-refractivity contribution in [1.82, 2.24) is 9.55 Å². The van der Waals surface area contributed by atoms with Gasteiger partial charge in [-0.15, -0.1) is 0 Å². The molecule has 5 rings (SSSR count). The lowest BCUT2D eigenvalue weighted by Gasteiger charge is -2.43. The molecule has 3 aromatic rings. The van der Waals surface area contributed by atoms with Crippen LogP contribution in [0.2, 0.25) is 0 Å². The molecule has 32 heavy (non-hydrogen) atoms. The van der Waals surface area contributed by atoms with Gasteiger partial charge < -0.3 is 14.0 Å². The Bertz CT molecular complexity index is 1230. The minimum absolute atomic E-state index is 0.0564. The Hall–Kier alpha value is -3.53. The molecule has 0 unspecified atom stereocenters. The van der Waals surface area contributed by atoms with E-state index in [4.69, 9.17) is 9.47 Å². The van der Waals surface area contributed by atoms with Crippen LogP contribution in [0.4, 0.5) is 10.5 Å². The van der Waals surface area contributed by atoms with Crippen LogP contribution in [0.3, 0.4) is 0 Å². The lowest BCUT2D eigenvalue weighted by molar-refractivity contribution is -0.0264. The molecular weight excluding hydrogens is 404 g/mol. The molecule has 2 aliphatic rings. The monoisotopic (exact) mass is 430 g/mol. The van der Waals surface area contributed by atoms with Crippen LogP contribution >= 0.6 is 0 Å². The first-order valence-corrected chi connectivity index (χ1v) is 10.9. The van der Waals surface area contributed by atoms with Gasteiger partial charge in [-0.2, -0.15) is 5.26 Å². The van der Waals surface area contributed by atoms with E-state index in [-0.39, 0.29) is 11.5 Å². The Kier molecular flexibility index (Phi) is 4.81. The summed E-state index contributed by atoms with van der Waals surface area (Å²) in [4.78, 5) is 19.1. The molecule has 2 atom stereocenters. The number of nitriles is 1. The number of hydrogen-bond donors (Lipinski definition) is 0. The van der Waals surface area contributed by atoms with E-state index in [1.807, 2.05) is 42.7 Å². The van der Waals surface area contributed by atoms with Gasteiger partial charge in [0.1, 0.15) is 11.4 Å². The highest BCUT2D eigenvalue weighted by Gasteiger charge is 2.51. The van der Waals surface area contributed by atoms with Gasteiger partial charge in [0.05, 0.1) is 48.3 Å². The van der Waals surface area contributed by atoms with Crippen LogP contribution in [0.5, 0.6) is 5.75 Å². The van der Waals surface area contributed by atoms with E-state index in [1.165, 1.54) is 0 Å². The van der Waals surface area contributed by atoms with E-state index < -0.39 is 5.60 Å². The first kappa shape index (κ1) is 20.4. The SMILES string of the molecule is COc1cccc(N2C[C@@]3(CCC[C@](C)(Cn4cnc5ccc(C#N)cc54)C3)OC2=O)c1. The summed E-state index contributed by atoms with van der Waals surface area (Å²) in [6.07, 6.45) is 5.23. The molecule has 1 saturated heterocycles. The third-order valence-electron chi connectivity index (χ3n) is 6.80. The summed E-state index contributed by atoms with van der Waals surface area (Å²) in [6, 6.07) is 15.3. The number of nitrogens with zero attached hydrogens (tertiary/aromatic N) is 4. The standard InChI is InChI=1S/C25H26N4O3/c1-24(15-28-17-27-21-8-7-18(13-26)11-22(21)28)9-4-10-25(14-24)16-29(23(30)32-25)19-5-3-6-20(12-19)31-2/h3,5-8,11-12,17H,4,9-10,14-16H2,1-2H3/t24-,25-/m0/s1. The van der Waals surface area contributed by atoms with Crippen LogP contribution in [0.15, 0.2) is 48.8 Å². The number of ether oxygens (including phenoxy) is 2. The Morgan fingerprint density at radius 3 is 2.94 bits per heavy atom. The number of benzene rings is 2. The molecule has 2 heterocycles. The molecule has 2 fully saturated rings. The number of amides is 1. The molecule has 0 radical (unpaired) electrons. The summed E-state index contributed by atoms with van der Waals surface area (Å²) in [6.45, 7) is 3.56. The minimum Gasteiger partial charge on any atom is -0.497 e. The Balaban J connectivity index is 1.39. The van der Waals surface area contributed by atoms with Gasteiger partial charge >= 0.3 is 6.09 Å². The fourth-order valence-electron chi connectivity index (χ4n) is 5.41. The summed E-state index contributed by atoms with van der Waals surface area (Å²) in [5.74, 6) is 0.716. The van der Waals surface area contributed by atoms with Gasteiger partial charge in [0.2, 0.25) is 0 Å². The third-order valence-corrected chi connectivity index (χ3v) is 6.80. The Morgan fingerprint density at radius 1 is 1.25 bits per heavy atom. The van der Waals surface area contributed by atoms with E-state index in [9.17, 15) is 10.1 Å². The average Bonchev–Trinajstić information content (AvgIpc) is 3.33. The van der Waals surface area contributed by atoms with Crippen LogP contribution in [-0.2, 0) is 11.3 Å². The smallest absolute Gasteiger partial charge is 0.415 e. The Labute approximate surface area is 187 Å². The molecular formula is C25H26N4O3. The zero-order valence-electron chi connectivity index (χ0n) is 18.4. The number of hydrogen-bond acceptors (Lipinski definition) is 5. The number of anilines is 1. The van der Waals surface area contributed by atoms with Crippen LogP contribution in [0.25, 0.3) is 11.0 Å². The largest absolute Gasteiger partial charge is 0.497 e. The van der Waals surface area contributed by atoms with Gasteiger partial charge in [0, 0.05) is 12.6 Å². The Morgan fingerprint density at radius 2 is 2.12 bits per heavy atom. The predicted octanol–water partition coefficient (Wildman–Crippen LogP) is 4.89. The second kappa shape index (κ2) is 7.56. The van der Waals surface area contributed by atoms with Crippen molar-refractivity contribution in [3.63, 3.8) is 0 Å². The molecule has 1 aliphatic heterocycles. The number of methoxy groups -OCH3 is 1. The number of fused-ring (bicyclic) bond motifs is 1. The summed E-state index contributed by atoms with van der Waals surface area (Å²) < 4.78 is 13.5. The molecule has 2 aromatic carbocycles. The van der Waals surface area contributed by atoms with E-state index in [1.54, 1.807) is 18.1 Å². The van der Waals surface area contributed by atoms with Crippen LogP contribution in [-0.4, -0.2) is 34.9 Å². The average molecular weight is 431 g/mol. The van der Waals surface area contributed by atoms with Crippen LogP contribution in [0, 0.1) is 16.7 Å². The molecule has 1 amide bonds. The van der Waals surface area contributed by atoms with Crippen molar-refractivity contribution in [2.24, 2.45) is 5.41 Å². The number of imidazole rings is 1. The highest BCUT2D eigenvalue weighted by molar-refractivity contribution is 5.90. The van der Waals surface area contributed by atoms with Gasteiger partial charge in [-0.25, -0.2) is 9.78 Å². The van der Waals surface area contributed by atoms with Crippen molar-refractivity contribution >= 4 is 22.8 Å². The summed E-state index contributed by atoms with van der Waals surface area (Å²) in [5, 5.41) is 9.27. The zero-order chi connectivity index (χ0) is 22.3. The first-order valence-electron chi connectivity index (χ1n) is 10.9. The molecule has 1 spiro atoms. The van der Waals surface area contributed by atoms with Crippen molar-refractivity contribution in [3.05, 3.63) is 54.4 Å². The second-order valence-electron chi connectivity index (χ2n) is 9.37. The maximum Gasteiger partial charge on any atom is 0.415 e. The molecule has 7 nitrogen and oxygen atoms in total. The van der Waals surface area contributed by atoms with Gasteiger partial charge in [-0.1, -0.05) is 13.0 Å². The molecule has 1 saturated carbocycles. The van der Waals surface area contributed by atoms with Crippen LogP contribution in [0.1, 0.15) is 38.2 Å². The highest BCUT2D eigenvalue weighted by atomic mass is 16.6. The number of carbonyl (C=O) groups excluding carboxylic acids is 1. The topological polar surface area (TPSA) is 80.4 Å². The van der Waals surface area contributed by atoms with Crippen molar-refractivity contribution < 1.29 is 14.3 Å². The summed E-state index contributed by atoms with van der Waals surface area (Å²) >= 11 is 0. The molecule has 0 N–H and O–H groups in total. The molecule has 1 aromatic heterocycles. The number of rotatable bonds is 4. The summed E-state index contributed by atoms with van der Waals surface area (Å²) in [7, 11) is 1.62. The van der Waals surface area contributed by atoms with E-state index in [0.717, 1.165) is 48.9 Å². The van der Waals surface area contributed by atoms with Crippen molar-refractivity contribution in [1.29, 1.82) is 5.26 Å².